The molecule has 100 valence electrons. The summed E-state index contributed by atoms with van der Waals surface area (Å²) in [4.78, 5) is 13.6. The molecule has 3 nitrogen and oxygen atoms in total. The summed E-state index contributed by atoms with van der Waals surface area (Å²) in [7, 11) is -1.65. The number of carbonyl (C=O) groups is 1. The summed E-state index contributed by atoms with van der Waals surface area (Å²) in [5, 5.41) is 0.249. The summed E-state index contributed by atoms with van der Waals surface area (Å²) in [5.41, 5.74) is 0. The van der Waals surface area contributed by atoms with Crippen molar-refractivity contribution in [2.24, 2.45) is 0 Å². The highest BCUT2D eigenvalue weighted by Crippen LogP contribution is 2.36. The molecule has 0 aromatic carbocycles. The van der Waals surface area contributed by atoms with Crippen molar-refractivity contribution in [3.05, 3.63) is 0 Å². The van der Waals surface area contributed by atoms with Crippen LogP contribution in [-0.4, -0.2) is 38.8 Å². The maximum absolute atomic E-state index is 11.6. The number of rotatable bonds is 4. The largest absolute Gasteiger partial charge is 0.415 e. The number of carbonyl (C=O) groups excluding carboxylic acids is 1. The normalized spacial score (nSPS) is 18.6. The van der Waals surface area contributed by atoms with Gasteiger partial charge in [-0.2, -0.15) is 0 Å². The molecule has 0 radical (unpaired) electrons. The Bertz CT molecular complexity index is 271. The van der Waals surface area contributed by atoms with Gasteiger partial charge in [-0.15, -0.1) is 0 Å². The molecule has 1 heterocycles. The summed E-state index contributed by atoms with van der Waals surface area (Å²) in [5.74, 6) is 0.301. The zero-order valence-corrected chi connectivity index (χ0v) is 13.0. The average molecular weight is 257 g/mol. The van der Waals surface area contributed by atoms with Gasteiger partial charge in [0.2, 0.25) is 5.91 Å². The zero-order chi connectivity index (χ0) is 13.1. The zero-order valence-electron chi connectivity index (χ0n) is 12.0. The highest BCUT2D eigenvalue weighted by Gasteiger charge is 2.37. The van der Waals surface area contributed by atoms with Gasteiger partial charge in [0.05, 0.1) is 6.61 Å². The van der Waals surface area contributed by atoms with E-state index >= 15 is 0 Å². The van der Waals surface area contributed by atoms with Crippen LogP contribution in [0, 0.1) is 0 Å². The van der Waals surface area contributed by atoms with Crippen LogP contribution in [0.3, 0.4) is 0 Å². The molecule has 17 heavy (non-hydrogen) atoms. The first-order valence-corrected chi connectivity index (χ1v) is 9.56. The SMILES string of the molecule is CC(C)(C)[Si](C)(C)OCCN1CCCCC1=O. The van der Waals surface area contributed by atoms with E-state index in [1.54, 1.807) is 0 Å². The third-order valence-corrected chi connectivity index (χ3v) is 8.59. The number of nitrogens with zero attached hydrogens (tertiary/aromatic N) is 1. The average Bonchev–Trinajstić information content (AvgIpc) is 2.19. The second-order valence-corrected chi connectivity index (χ2v) is 11.3. The van der Waals surface area contributed by atoms with Gasteiger partial charge in [-0.05, 0) is 31.0 Å². The van der Waals surface area contributed by atoms with Gasteiger partial charge in [0.15, 0.2) is 8.32 Å². The van der Waals surface area contributed by atoms with Crippen molar-refractivity contribution in [3.8, 4) is 0 Å². The smallest absolute Gasteiger partial charge is 0.222 e. The van der Waals surface area contributed by atoms with Gasteiger partial charge in [-0.3, -0.25) is 4.79 Å². The summed E-state index contributed by atoms with van der Waals surface area (Å²) < 4.78 is 6.09. The molecular weight excluding hydrogens is 230 g/mol. The minimum atomic E-state index is -1.65. The molecule has 1 aliphatic rings. The van der Waals surface area contributed by atoms with Gasteiger partial charge < -0.3 is 9.33 Å². The first-order chi connectivity index (χ1) is 7.74. The summed E-state index contributed by atoms with van der Waals surface area (Å²) >= 11 is 0. The van der Waals surface area contributed by atoms with E-state index in [1.807, 2.05) is 4.90 Å². The molecule has 0 saturated carbocycles. The molecule has 0 bridgehead atoms. The lowest BCUT2D eigenvalue weighted by molar-refractivity contribution is -0.133. The quantitative estimate of drug-likeness (QED) is 0.725. The van der Waals surface area contributed by atoms with Crippen molar-refractivity contribution in [2.75, 3.05) is 19.7 Å². The van der Waals surface area contributed by atoms with Crippen molar-refractivity contribution in [1.29, 1.82) is 0 Å². The van der Waals surface area contributed by atoms with Crippen molar-refractivity contribution in [2.45, 2.75) is 58.2 Å². The summed E-state index contributed by atoms with van der Waals surface area (Å²) in [6, 6.07) is 0. The standard InChI is InChI=1S/C13H27NO2Si/c1-13(2,3)17(4,5)16-11-10-14-9-7-6-8-12(14)15/h6-11H2,1-5H3. The van der Waals surface area contributed by atoms with Crippen molar-refractivity contribution in [1.82, 2.24) is 4.90 Å². The maximum Gasteiger partial charge on any atom is 0.222 e. The maximum atomic E-state index is 11.6. The van der Waals surface area contributed by atoms with E-state index in [0.29, 0.717) is 12.5 Å². The molecule has 1 amide bonds. The predicted molar refractivity (Wildman–Crippen MR) is 73.6 cm³/mol. The minimum absolute atomic E-state index is 0.249. The molecule has 0 N–H and O–H groups in total. The highest BCUT2D eigenvalue weighted by molar-refractivity contribution is 6.74. The van der Waals surface area contributed by atoms with Crippen molar-refractivity contribution < 1.29 is 9.22 Å². The van der Waals surface area contributed by atoms with Crippen molar-refractivity contribution in [3.63, 3.8) is 0 Å². The third-order valence-electron chi connectivity index (χ3n) is 4.05. The molecule has 1 aliphatic heterocycles. The summed E-state index contributed by atoms with van der Waals surface area (Å²) in [6.07, 6.45) is 2.92. The van der Waals surface area contributed by atoms with E-state index in [-0.39, 0.29) is 5.04 Å². The Kier molecular flexibility index (Phi) is 4.78. The Balaban J connectivity index is 2.34. The van der Waals surface area contributed by atoms with Crippen LogP contribution >= 0.6 is 0 Å². The van der Waals surface area contributed by atoms with E-state index in [4.69, 9.17) is 4.43 Å². The van der Waals surface area contributed by atoms with Gasteiger partial charge in [-0.1, -0.05) is 20.8 Å². The number of piperidine rings is 1. The number of amides is 1. The van der Waals surface area contributed by atoms with Crippen LogP contribution in [0.1, 0.15) is 40.0 Å². The molecule has 0 aromatic heterocycles. The fraction of sp³-hybridized carbons (Fsp3) is 0.923. The third kappa shape index (κ3) is 4.10. The second kappa shape index (κ2) is 5.53. The Labute approximate surface area is 107 Å². The lowest BCUT2D eigenvalue weighted by atomic mass is 10.1. The number of likely N-dealkylation sites (tertiary alicyclic amines) is 1. The Hall–Kier alpha value is -0.353. The van der Waals surface area contributed by atoms with Crippen LogP contribution in [0.5, 0.6) is 0 Å². The van der Waals surface area contributed by atoms with Gasteiger partial charge in [0.25, 0.3) is 0 Å². The van der Waals surface area contributed by atoms with E-state index in [1.165, 1.54) is 0 Å². The van der Waals surface area contributed by atoms with Crippen LogP contribution in [0.25, 0.3) is 0 Å². The molecule has 1 rings (SSSR count). The first-order valence-electron chi connectivity index (χ1n) is 6.66. The minimum Gasteiger partial charge on any atom is -0.415 e. The van der Waals surface area contributed by atoms with Crippen LogP contribution in [-0.2, 0) is 9.22 Å². The fourth-order valence-corrected chi connectivity index (χ4v) is 2.76. The summed E-state index contributed by atoms with van der Waals surface area (Å²) in [6.45, 7) is 13.6. The molecule has 0 atom stereocenters. The fourth-order valence-electron chi connectivity index (χ4n) is 1.73. The van der Waals surface area contributed by atoms with Crippen molar-refractivity contribution >= 4 is 14.2 Å². The van der Waals surface area contributed by atoms with E-state index in [9.17, 15) is 4.79 Å². The van der Waals surface area contributed by atoms with Crippen LogP contribution < -0.4 is 0 Å². The topological polar surface area (TPSA) is 29.5 Å². The molecule has 0 unspecified atom stereocenters. The lowest BCUT2D eigenvalue weighted by Crippen LogP contribution is -2.44. The lowest BCUT2D eigenvalue weighted by Gasteiger charge is -2.37. The first kappa shape index (κ1) is 14.7. The molecule has 1 saturated heterocycles. The van der Waals surface area contributed by atoms with Crippen LogP contribution in [0.4, 0.5) is 0 Å². The number of hydrogen-bond donors (Lipinski definition) is 0. The molecule has 0 spiro atoms. The number of hydrogen-bond acceptors (Lipinski definition) is 2. The van der Waals surface area contributed by atoms with Gasteiger partial charge in [0, 0.05) is 19.5 Å². The van der Waals surface area contributed by atoms with Gasteiger partial charge >= 0.3 is 0 Å². The molecule has 1 fully saturated rings. The Morgan fingerprint density at radius 2 is 1.94 bits per heavy atom. The molecule has 0 aliphatic carbocycles. The Morgan fingerprint density at radius 1 is 1.29 bits per heavy atom. The molecule has 0 aromatic rings. The Morgan fingerprint density at radius 3 is 2.47 bits per heavy atom. The van der Waals surface area contributed by atoms with Crippen LogP contribution in [0.15, 0.2) is 0 Å². The monoisotopic (exact) mass is 257 g/mol. The van der Waals surface area contributed by atoms with Gasteiger partial charge in [0.1, 0.15) is 0 Å². The van der Waals surface area contributed by atoms with E-state index in [2.05, 4.69) is 33.9 Å². The van der Waals surface area contributed by atoms with Crippen LogP contribution in [0.2, 0.25) is 18.1 Å². The highest BCUT2D eigenvalue weighted by atomic mass is 28.4. The van der Waals surface area contributed by atoms with E-state index in [0.717, 1.165) is 32.4 Å². The second-order valence-electron chi connectivity index (χ2n) is 6.45. The molecule has 4 heteroatoms. The molecular formula is C13H27NO2Si. The predicted octanol–water partition coefficient (Wildman–Crippen LogP) is 3.02. The van der Waals surface area contributed by atoms with E-state index < -0.39 is 8.32 Å². The van der Waals surface area contributed by atoms with Gasteiger partial charge in [-0.25, -0.2) is 0 Å².